The van der Waals surface area contributed by atoms with Gasteiger partial charge in [0.2, 0.25) is 15.9 Å². The van der Waals surface area contributed by atoms with Crippen LogP contribution in [0.25, 0.3) is 0 Å². The molecule has 0 aliphatic carbocycles. The molecular weight excluding hydrogens is 386 g/mol. The molecular formula is C18H21N3O6S. The normalized spacial score (nSPS) is 13.5. The molecule has 0 aliphatic rings. The highest BCUT2D eigenvalue weighted by molar-refractivity contribution is 7.89. The summed E-state index contributed by atoms with van der Waals surface area (Å²) in [6, 6.07) is 12.3. The molecule has 0 aromatic heterocycles. The van der Waals surface area contributed by atoms with Gasteiger partial charge in [-0.25, -0.2) is 8.42 Å². The first kappa shape index (κ1) is 21.5. The molecule has 28 heavy (non-hydrogen) atoms. The van der Waals surface area contributed by atoms with E-state index < -0.39 is 43.5 Å². The Morgan fingerprint density at radius 2 is 1.75 bits per heavy atom. The number of nitrogens with one attached hydrogen (secondary N) is 2. The lowest BCUT2D eigenvalue weighted by Crippen LogP contribution is -2.49. The first-order chi connectivity index (χ1) is 13.2. The van der Waals surface area contributed by atoms with Crippen LogP contribution in [0.5, 0.6) is 0 Å². The summed E-state index contributed by atoms with van der Waals surface area (Å²) in [5.41, 5.74) is 0.315. The molecule has 0 unspecified atom stereocenters. The van der Waals surface area contributed by atoms with Crippen LogP contribution in [-0.2, 0) is 21.2 Å². The first-order valence-electron chi connectivity index (χ1n) is 8.45. The predicted molar refractivity (Wildman–Crippen MR) is 102 cm³/mol. The monoisotopic (exact) mass is 407 g/mol. The SMILES string of the molecule is C[C@H](NS(=O)(=O)c1ccccc1[N+](=O)[O-])C(=O)N[C@H](CO)Cc1ccccc1. The Balaban J connectivity index is 2.07. The van der Waals surface area contributed by atoms with Crippen LogP contribution in [0.15, 0.2) is 59.5 Å². The quantitative estimate of drug-likeness (QED) is 0.418. The van der Waals surface area contributed by atoms with E-state index in [-0.39, 0.29) is 6.61 Å². The van der Waals surface area contributed by atoms with Crippen molar-refractivity contribution in [3.8, 4) is 0 Å². The van der Waals surface area contributed by atoms with Gasteiger partial charge in [0.15, 0.2) is 4.90 Å². The Bertz CT molecular complexity index is 933. The molecule has 1 amide bonds. The second kappa shape index (κ2) is 9.40. The van der Waals surface area contributed by atoms with Crippen molar-refractivity contribution < 1.29 is 23.2 Å². The molecule has 9 nitrogen and oxygen atoms in total. The van der Waals surface area contributed by atoms with Crippen molar-refractivity contribution in [2.75, 3.05) is 6.61 Å². The number of nitro benzene ring substituents is 1. The predicted octanol–water partition coefficient (Wildman–Crippen LogP) is 0.981. The van der Waals surface area contributed by atoms with Crippen molar-refractivity contribution in [3.63, 3.8) is 0 Å². The highest BCUT2D eigenvalue weighted by atomic mass is 32.2. The number of carbonyl (C=O) groups excluding carboxylic acids is 1. The van der Waals surface area contributed by atoms with Crippen molar-refractivity contribution >= 4 is 21.6 Å². The van der Waals surface area contributed by atoms with Gasteiger partial charge in [-0.3, -0.25) is 14.9 Å². The van der Waals surface area contributed by atoms with E-state index >= 15 is 0 Å². The Labute approximate surface area is 162 Å². The van der Waals surface area contributed by atoms with Crippen molar-refractivity contribution in [1.82, 2.24) is 10.0 Å². The maximum atomic E-state index is 12.5. The largest absolute Gasteiger partial charge is 0.394 e. The lowest BCUT2D eigenvalue weighted by atomic mass is 10.1. The van der Waals surface area contributed by atoms with Crippen LogP contribution in [0.2, 0.25) is 0 Å². The molecule has 0 bridgehead atoms. The number of nitro groups is 1. The molecule has 0 spiro atoms. The number of aliphatic hydroxyl groups is 1. The molecule has 3 N–H and O–H groups in total. The van der Waals surface area contributed by atoms with E-state index in [9.17, 15) is 28.4 Å². The smallest absolute Gasteiger partial charge is 0.289 e. The van der Waals surface area contributed by atoms with Crippen LogP contribution in [0.3, 0.4) is 0 Å². The number of aliphatic hydroxyl groups excluding tert-OH is 1. The van der Waals surface area contributed by atoms with Gasteiger partial charge < -0.3 is 10.4 Å². The van der Waals surface area contributed by atoms with Crippen LogP contribution in [0, 0.1) is 10.1 Å². The standard InChI is InChI=1S/C18H21N3O6S/c1-13(18(23)19-15(12-22)11-14-7-3-2-4-8-14)20-28(26,27)17-10-6-5-9-16(17)21(24)25/h2-10,13,15,20,22H,11-12H2,1H3,(H,19,23)/t13-,15-/m0/s1. The molecule has 0 radical (unpaired) electrons. The van der Waals surface area contributed by atoms with Gasteiger partial charge in [0.25, 0.3) is 5.69 Å². The molecule has 2 atom stereocenters. The summed E-state index contributed by atoms with van der Waals surface area (Å²) in [6.45, 7) is 0.989. The third kappa shape index (κ3) is 5.59. The summed E-state index contributed by atoms with van der Waals surface area (Å²) in [5.74, 6) is -0.655. The van der Waals surface area contributed by atoms with Gasteiger partial charge in [0.05, 0.1) is 23.6 Å². The molecule has 2 aromatic carbocycles. The second-order valence-corrected chi connectivity index (χ2v) is 7.83. The van der Waals surface area contributed by atoms with Gasteiger partial charge in [-0.15, -0.1) is 0 Å². The van der Waals surface area contributed by atoms with E-state index in [2.05, 4.69) is 10.0 Å². The van der Waals surface area contributed by atoms with E-state index in [4.69, 9.17) is 0 Å². The number of amides is 1. The highest BCUT2D eigenvalue weighted by Crippen LogP contribution is 2.22. The fraction of sp³-hybridized carbons (Fsp3) is 0.278. The van der Waals surface area contributed by atoms with Crippen LogP contribution >= 0.6 is 0 Å². The Morgan fingerprint density at radius 1 is 1.14 bits per heavy atom. The molecule has 2 aromatic rings. The molecule has 2 rings (SSSR count). The third-order valence-corrected chi connectivity index (χ3v) is 5.56. The molecule has 0 heterocycles. The Morgan fingerprint density at radius 3 is 2.36 bits per heavy atom. The van der Waals surface area contributed by atoms with Gasteiger partial charge in [0.1, 0.15) is 0 Å². The Kier molecular flexibility index (Phi) is 7.21. The number of sulfonamides is 1. The Hall–Kier alpha value is -2.82. The number of para-hydroxylation sites is 1. The van der Waals surface area contributed by atoms with Crippen LogP contribution in [-0.4, -0.2) is 43.0 Å². The molecule has 0 aliphatic heterocycles. The van der Waals surface area contributed by atoms with Gasteiger partial charge in [0, 0.05) is 6.07 Å². The third-order valence-electron chi connectivity index (χ3n) is 3.97. The molecule has 0 saturated carbocycles. The number of hydrogen-bond acceptors (Lipinski definition) is 6. The fourth-order valence-electron chi connectivity index (χ4n) is 2.57. The summed E-state index contributed by atoms with van der Waals surface area (Å²) < 4.78 is 27.1. The average molecular weight is 407 g/mol. The van der Waals surface area contributed by atoms with Gasteiger partial charge in [-0.05, 0) is 25.0 Å². The van der Waals surface area contributed by atoms with Crippen molar-refractivity contribution in [2.45, 2.75) is 30.3 Å². The molecule has 150 valence electrons. The van der Waals surface area contributed by atoms with Gasteiger partial charge in [-0.1, -0.05) is 42.5 Å². The maximum absolute atomic E-state index is 12.5. The minimum absolute atomic E-state index is 0.329. The fourth-order valence-corrected chi connectivity index (χ4v) is 3.95. The summed E-state index contributed by atoms with van der Waals surface area (Å²) in [4.78, 5) is 22.1. The number of carbonyl (C=O) groups is 1. The minimum atomic E-state index is -4.30. The minimum Gasteiger partial charge on any atom is -0.394 e. The topological polar surface area (TPSA) is 139 Å². The number of nitrogens with zero attached hydrogens (tertiary/aromatic N) is 1. The summed E-state index contributed by atoms with van der Waals surface area (Å²) in [5, 5.41) is 23.1. The van der Waals surface area contributed by atoms with Crippen LogP contribution < -0.4 is 10.0 Å². The molecule has 0 saturated heterocycles. The zero-order chi connectivity index (χ0) is 20.7. The maximum Gasteiger partial charge on any atom is 0.289 e. The molecule has 0 fully saturated rings. The number of rotatable bonds is 9. The van der Waals surface area contributed by atoms with E-state index in [0.717, 1.165) is 17.7 Å². The van der Waals surface area contributed by atoms with E-state index in [1.54, 1.807) is 0 Å². The number of hydrogen-bond donors (Lipinski definition) is 3. The van der Waals surface area contributed by atoms with Crippen molar-refractivity contribution in [2.24, 2.45) is 0 Å². The summed E-state index contributed by atoms with van der Waals surface area (Å²) in [7, 11) is -4.30. The second-order valence-electron chi connectivity index (χ2n) is 6.15. The van der Waals surface area contributed by atoms with Gasteiger partial charge >= 0.3 is 0 Å². The molecule has 10 heteroatoms. The zero-order valence-electron chi connectivity index (χ0n) is 15.1. The lowest BCUT2D eigenvalue weighted by Gasteiger charge is -2.20. The van der Waals surface area contributed by atoms with E-state index in [1.165, 1.54) is 19.1 Å². The summed E-state index contributed by atoms with van der Waals surface area (Å²) in [6.07, 6.45) is 0.368. The lowest BCUT2D eigenvalue weighted by molar-refractivity contribution is -0.387. The zero-order valence-corrected chi connectivity index (χ0v) is 15.9. The van der Waals surface area contributed by atoms with E-state index in [0.29, 0.717) is 6.42 Å². The van der Waals surface area contributed by atoms with Gasteiger partial charge in [-0.2, -0.15) is 4.72 Å². The van der Waals surface area contributed by atoms with E-state index in [1.807, 2.05) is 30.3 Å². The first-order valence-corrected chi connectivity index (χ1v) is 9.94. The number of benzene rings is 2. The van der Waals surface area contributed by atoms with Crippen LogP contribution in [0.4, 0.5) is 5.69 Å². The van der Waals surface area contributed by atoms with Crippen molar-refractivity contribution in [1.29, 1.82) is 0 Å². The summed E-state index contributed by atoms with van der Waals surface area (Å²) >= 11 is 0. The average Bonchev–Trinajstić information content (AvgIpc) is 2.67. The highest BCUT2D eigenvalue weighted by Gasteiger charge is 2.29. The van der Waals surface area contributed by atoms with Crippen molar-refractivity contribution in [3.05, 3.63) is 70.3 Å². The van der Waals surface area contributed by atoms with Crippen LogP contribution in [0.1, 0.15) is 12.5 Å².